The first-order valence-corrected chi connectivity index (χ1v) is 8.73. The smallest absolute Gasteiger partial charge is 0.144 e. The minimum absolute atomic E-state index is 0.326. The molecule has 0 spiro atoms. The van der Waals surface area contributed by atoms with Crippen molar-refractivity contribution in [2.75, 3.05) is 31.2 Å². The number of fused-ring (bicyclic) bond motifs is 1. The van der Waals surface area contributed by atoms with E-state index in [1.807, 2.05) is 6.20 Å². The molecule has 1 atom stereocenters. The summed E-state index contributed by atoms with van der Waals surface area (Å²) in [4.78, 5) is 14.9. The number of nitrogens with two attached hydrogens (primary N) is 1. The molecule has 0 radical (unpaired) electrons. The number of allylic oxidation sites excluding steroid dienone is 2. The molecular formula is C19H23N5O. The molecule has 2 aromatic heterocycles. The number of nitrogens with one attached hydrogen (secondary N) is 1. The molecule has 1 unspecified atom stereocenters. The number of rotatable bonds is 3. The van der Waals surface area contributed by atoms with Gasteiger partial charge in [-0.3, -0.25) is 0 Å². The summed E-state index contributed by atoms with van der Waals surface area (Å²) >= 11 is 0. The molecule has 0 bridgehead atoms. The van der Waals surface area contributed by atoms with Crippen LogP contribution in [0.1, 0.15) is 29.7 Å². The summed E-state index contributed by atoms with van der Waals surface area (Å²) in [6, 6.07) is 4.17. The van der Waals surface area contributed by atoms with Crippen molar-refractivity contribution in [1.29, 1.82) is 0 Å². The number of H-pyrrole nitrogens is 1. The van der Waals surface area contributed by atoms with Crippen molar-refractivity contribution in [2.45, 2.75) is 13.5 Å². The number of aromatic amines is 1. The zero-order chi connectivity index (χ0) is 17.2. The van der Waals surface area contributed by atoms with Crippen LogP contribution in [0, 0.1) is 5.92 Å². The Morgan fingerprint density at radius 3 is 2.96 bits per heavy atom. The van der Waals surface area contributed by atoms with Gasteiger partial charge in [0.25, 0.3) is 0 Å². The molecule has 1 saturated heterocycles. The van der Waals surface area contributed by atoms with Crippen molar-refractivity contribution in [3.05, 3.63) is 53.3 Å². The SMILES string of the molecule is CC1C=Cc2[nH]ccc2C(c2cc(N3CCOCC3)nc(CN)n2)=C1. The van der Waals surface area contributed by atoms with Crippen LogP contribution in [0.2, 0.25) is 0 Å². The first kappa shape index (κ1) is 16.1. The Morgan fingerprint density at radius 1 is 1.32 bits per heavy atom. The van der Waals surface area contributed by atoms with Crippen LogP contribution in [0.4, 0.5) is 5.82 Å². The normalized spacial score (nSPS) is 20.2. The van der Waals surface area contributed by atoms with Crippen molar-refractivity contribution in [3.63, 3.8) is 0 Å². The van der Waals surface area contributed by atoms with E-state index < -0.39 is 0 Å². The Bertz CT molecular complexity index is 817. The summed E-state index contributed by atoms with van der Waals surface area (Å²) in [6.07, 6.45) is 8.54. The van der Waals surface area contributed by atoms with E-state index in [-0.39, 0.29) is 0 Å². The average Bonchev–Trinajstić information content (AvgIpc) is 3.07. The first-order chi connectivity index (χ1) is 12.2. The van der Waals surface area contributed by atoms with Crippen LogP contribution in [-0.2, 0) is 11.3 Å². The monoisotopic (exact) mass is 337 g/mol. The zero-order valence-corrected chi connectivity index (χ0v) is 14.4. The topological polar surface area (TPSA) is 80.1 Å². The molecule has 130 valence electrons. The maximum atomic E-state index is 5.87. The summed E-state index contributed by atoms with van der Waals surface area (Å²) in [5, 5.41) is 0. The van der Waals surface area contributed by atoms with Gasteiger partial charge >= 0.3 is 0 Å². The van der Waals surface area contributed by atoms with Gasteiger partial charge in [-0.15, -0.1) is 0 Å². The van der Waals surface area contributed by atoms with Crippen LogP contribution in [0.15, 0.2) is 30.5 Å². The summed E-state index contributed by atoms with van der Waals surface area (Å²) in [5.74, 6) is 1.93. The van der Waals surface area contributed by atoms with Crippen LogP contribution in [0.3, 0.4) is 0 Å². The lowest BCUT2D eigenvalue weighted by Gasteiger charge is -2.28. The number of anilines is 1. The highest BCUT2D eigenvalue weighted by molar-refractivity contribution is 5.84. The van der Waals surface area contributed by atoms with Gasteiger partial charge in [-0.2, -0.15) is 0 Å². The van der Waals surface area contributed by atoms with E-state index in [0.717, 1.165) is 54.6 Å². The fraction of sp³-hybridized carbons (Fsp3) is 0.368. The first-order valence-electron chi connectivity index (χ1n) is 8.73. The highest BCUT2D eigenvalue weighted by atomic mass is 16.5. The summed E-state index contributed by atoms with van der Waals surface area (Å²) in [5.41, 5.74) is 10.2. The third kappa shape index (κ3) is 3.23. The highest BCUT2D eigenvalue weighted by Crippen LogP contribution is 2.31. The predicted molar refractivity (Wildman–Crippen MR) is 99.0 cm³/mol. The molecule has 0 saturated carbocycles. The van der Waals surface area contributed by atoms with Gasteiger partial charge in [0.2, 0.25) is 0 Å². The predicted octanol–water partition coefficient (Wildman–Crippen LogP) is 2.19. The minimum atomic E-state index is 0.326. The lowest BCUT2D eigenvalue weighted by molar-refractivity contribution is 0.122. The molecular weight excluding hydrogens is 314 g/mol. The van der Waals surface area contributed by atoms with Crippen molar-refractivity contribution < 1.29 is 4.74 Å². The summed E-state index contributed by atoms with van der Waals surface area (Å²) < 4.78 is 5.46. The van der Waals surface area contributed by atoms with Crippen LogP contribution >= 0.6 is 0 Å². The minimum Gasteiger partial charge on any atom is -0.378 e. The van der Waals surface area contributed by atoms with Crippen LogP contribution in [-0.4, -0.2) is 41.3 Å². The number of nitrogens with zero attached hydrogens (tertiary/aromatic N) is 3. The van der Waals surface area contributed by atoms with Gasteiger partial charge in [0, 0.05) is 42.2 Å². The van der Waals surface area contributed by atoms with Crippen LogP contribution < -0.4 is 10.6 Å². The van der Waals surface area contributed by atoms with Gasteiger partial charge in [-0.25, -0.2) is 9.97 Å². The number of morpholine rings is 1. The van der Waals surface area contributed by atoms with E-state index in [1.54, 1.807) is 0 Å². The average molecular weight is 337 g/mol. The number of hydrogen-bond acceptors (Lipinski definition) is 5. The standard InChI is InChI=1S/C19H23N5O/c1-13-2-3-16-14(4-5-21-16)15(10-13)17-11-19(23-18(12-20)22-17)24-6-8-25-9-7-24/h2-5,10-11,13,21H,6-9,12,20H2,1H3. The molecule has 2 aromatic rings. The number of hydrogen-bond donors (Lipinski definition) is 2. The van der Waals surface area contributed by atoms with E-state index >= 15 is 0 Å². The van der Waals surface area contributed by atoms with Crippen LogP contribution in [0.5, 0.6) is 0 Å². The Hall–Kier alpha value is -2.44. The Morgan fingerprint density at radius 2 is 2.16 bits per heavy atom. The molecule has 6 heteroatoms. The largest absolute Gasteiger partial charge is 0.378 e. The molecule has 3 heterocycles. The van der Waals surface area contributed by atoms with Crippen molar-refractivity contribution in [1.82, 2.24) is 15.0 Å². The van der Waals surface area contributed by atoms with Crippen molar-refractivity contribution >= 4 is 17.5 Å². The van der Waals surface area contributed by atoms with E-state index in [9.17, 15) is 0 Å². The van der Waals surface area contributed by atoms with Crippen molar-refractivity contribution in [3.8, 4) is 0 Å². The molecule has 4 rings (SSSR count). The second-order valence-electron chi connectivity index (χ2n) is 6.43. The van der Waals surface area contributed by atoms with Gasteiger partial charge in [-0.1, -0.05) is 19.1 Å². The lowest BCUT2D eigenvalue weighted by Crippen LogP contribution is -2.37. The van der Waals surface area contributed by atoms with E-state index in [0.29, 0.717) is 18.3 Å². The second-order valence-corrected chi connectivity index (χ2v) is 6.43. The van der Waals surface area contributed by atoms with Gasteiger partial charge in [-0.05, 0) is 18.1 Å². The molecule has 25 heavy (non-hydrogen) atoms. The summed E-state index contributed by atoms with van der Waals surface area (Å²) in [7, 11) is 0. The molecule has 6 nitrogen and oxygen atoms in total. The number of ether oxygens (including phenoxy) is 1. The van der Waals surface area contributed by atoms with E-state index in [1.165, 1.54) is 0 Å². The van der Waals surface area contributed by atoms with E-state index in [4.69, 9.17) is 15.5 Å². The maximum absolute atomic E-state index is 5.87. The Balaban J connectivity index is 1.80. The quantitative estimate of drug-likeness (QED) is 0.897. The lowest BCUT2D eigenvalue weighted by atomic mass is 10.0. The molecule has 1 aliphatic heterocycles. The molecule has 3 N–H and O–H groups in total. The highest BCUT2D eigenvalue weighted by Gasteiger charge is 2.19. The molecule has 1 aliphatic carbocycles. The molecule has 2 aliphatic rings. The van der Waals surface area contributed by atoms with E-state index in [2.05, 4.69) is 52.2 Å². The third-order valence-electron chi connectivity index (χ3n) is 4.62. The molecule has 0 aromatic carbocycles. The van der Waals surface area contributed by atoms with Gasteiger partial charge in [0.15, 0.2) is 0 Å². The Labute approximate surface area is 147 Å². The third-order valence-corrected chi connectivity index (χ3v) is 4.62. The fourth-order valence-corrected chi connectivity index (χ4v) is 3.30. The Kier molecular flexibility index (Phi) is 4.38. The zero-order valence-electron chi connectivity index (χ0n) is 14.4. The van der Waals surface area contributed by atoms with Gasteiger partial charge < -0.3 is 20.4 Å². The summed E-state index contributed by atoms with van der Waals surface area (Å²) in [6.45, 7) is 5.63. The maximum Gasteiger partial charge on any atom is 0.144 e. The number of aromatic nitrogens is 3. The molecule has 1 fully saturated rings. The van der Waals surface area contributed by atoms with Gasteiger partial charge in [0.1, 0.15) is 11.6 Å². The second kappa shape index (κ2) is 6.82. The van der Waals surface area contributed by atoms with Gasteiger partial charge in [0.05, 0.1) is 25.5 Å². The van der Waals surface area contributed by atoms with Crippen molar-refractivity contribution in [2.24, 2.45) is 11.7 Å². The van der Waals surface area contributed by atoms with Crippen LogP contribution in [0.25, 0.3) is 11.6 Å². The fourth-order valence-electron chi connectivity index (χ4n) is 3.30. The molecule has 0 amide bonds.